The predicted molar refractivity (Wildman–Crippen MR) is 106 cm³/mol. The molecular formula is C20H25N7O2. The number of aromatic nitrogens is 5. The minimum atomic E-state index is -0.181. The van der Waals surface area contributed by atoms with Crippen LogP contribution in [0.3, 0.4) is 0 Å². The Morgan fingerprint density at radius 1 is 1.17 bits per heavy atom. The van der Waals surface area contributed by atoms with Gasteiger partial charge in [-0.25, -0.2) is 14.5 Å². The van der Waals surface area contributed by atoms with E-state index in [1.165, 1.54) is 0 Å². The van der Waals surface area contributed by atoms with E-state index in [2.05, 4.69) is 25.3 Å². The topological polar surface area (TPSA) is 101 Å². The van der Waals surface area contributed by atoms with E-state index in [-0.39, 0.29) is 18.1 Å². The molecule has 1 aliphatic carbocycles. The minimum Gasteiger partial charge on any atom is -0.392 e. The maximum absolute atomic E-state index is 13.0. The zero-order chi connectivity index (χ0) is 19.8. The molecule has 1 aliphatic heterocycles. The number of aliphatic hydroxyl groups excluding tert-OH is 1. The summed E-state index contributed by atoms with van der Waals surface area (Å²) in [4.78, 5) is 24.0. The summed E-state index contributed by atoms with van der Waals surface area (Å²) in [6.45, 7) is 1.76. The number of carbonyl (C=O) groups excluding carboxylic acids is 1. The van der Waals surface area contributed by atoms with Crippen LogP contribution >= 0.6 is 0 Å². The molecule has 2 aliphatic rings. The number of hydrogen-bond acceptors (Lipinski definition) is 6. The molecule has 5 rings (SSSR count). The molecule has 0 unspecified atom stereocenters. The normalized spacial score (nSPS) is 25.5. The van der Waals surface area contributed by atoms with Gasteiger partial charge in [0.25, 0.3) is 11.9 Å². The number of nitrogens with one attached hydrogen (secondary N) is 1. The van der Waals surface area contributed by atoms with E-state index in [9.17, 15) is 9.90 Å². The molecule has 1 saturated heterocycles. The highest BCUT2D eigenvalue weighted by molar-refractivity contribution is 5.99. The molecule has 0 radical (unpaired) electrons. The lowest BCUT2D eigenvalue weighted by Crippen LogP contribution is -2.43. The van der Waals surface area contributed by atoms with Gasteiger partial charge in [0.1, 0.15) is 6.33 Å². The number of imidazole rings is 1. The first-order chi connectivity index (χ1) is 14.2. The van der Waals surface area contributed by atoms with Crippen molar-refractivity contribution in [1.82, 2.24) is 34.4 Å². The fraction of sp³-hybridized carbons (Fsp3) is 0.500. The molecule has 3 aromatic heterocycles. The molecule has 0 spiro atoms. The molecule has 1 atom stereocenters. The second kappa shape index (κ2) is 7.57. The fourth-order valence-corrected chi connectivity index (χ4v) is 4.52. The fourth-order valence-electron chi connectivity index (χ4n) is 4.52. The lowest BCUT2D eigenvalue weighted by atomic mass is 9.90. The number of rotatable bonds is 4. The molecule has 152 valence electrons. The van der Waals surface area contributed by atoms with Crippen molar-refractivity contribution in [2.75, 3.05) is 13.1 Å². The van der Waals surface area contributed by atoms with Crippen molar-refractivity contribution in [2.45, 2.75) is 50.3 Å². The summed E-state index contributed by atoms with van der Waals surface area (Å²) in [6, 6.07) is 4.37. The predicted octanol–water partition coefficient (Wildman–Crippen LogP) is 1.02. The third-order valence-corrected chi connectivity index (χ3v) is 6.07. The van der Waals surface area contributed by atoms with E-state index in [0.29, 0.717) is 23.2 Å². The quantitative estimate of drug-likeness (QED) is 0.684. The smallest absolute Gasteiger partial charge is 0.272 e. The highest BCUT2D eigenvalue weighted by Gasteiger charge is 2.31. The van der Waals surface area contributed by atoms with Crippen LogP contribution in [0.1, 0.15) is 42.6 Å². The third kappa shape index (κ3) is 3.63. The maximum Gasteiger partial charge on any atom is 0.272 e. The number of β-amino-alcohol motifs (C(OH)–C–C–N with tert-alkyl or cyclic N) is 1. The summed E-state index contributed by atoms with van der Waals surface area (Å²) in [5.74, 6) is 0.241. The second-order valence-corrected chi connectivity index (χ2v) is 7.98. The first-order valence-electron chi connectivity index (χ1n) is 10.2. The molecule has 9 heteroatoms. The van der Waals surface area contributed by atoms with Gasteiger partial charge in [-0.1, -0.05) is 0 Å². The molecular weight excluding hydrogens is 370 g/mol. The van der Waals surface area contributed by atoms with Crippen molar-refractivity contribution < 1.29 is 9.90 Å². The monoisotopic (exact) mass is 395 g/mol. The Kier molecular flexibility index (Phi) is 4.76. The molecule has 1 saturated carbocycles. The summed E-state index contributed by atoms with van der Waals surface area (Å²) in [7, 11) is 0. The van der Waals surface area contributed by atoms with Gasteiger partial charge >= 0.3 is 0 Å². The summed E-state index contributed by atoms with van der Waals surface area (Å²) < 4.78 is 3.36. The summed E-state index contributed by atoms with van der Waals surface area (Å²) >= 11 is 0. The summed E-state index contributed by atoms with van der Waals surface area (Å²) in [5.41, 5.74) is 1.06. The highest BCUT2D eigenvalue weighted by Crippen LogP contribution is 2.26. The van der Waals surface area contributed by atoms with Crippen LogP contribution in [-0.4, -0.2) is 71.3 Å². The van der Waals surface area contributed by atoms with Crippen molar-refractivity contribution in [3.8, 4) is 5.95 Å². The van der Waals surface area contributed by atoms with E-state index >= 15 is 0 Å². The van der Waals surface area contributed by atoms with Crippen molar-refractivity contribution in [2.24, 2.45) is 0 Å². The summed E-state index contributed by atoms with van der Waals surface area (Å²) in [5, 5.41) is 17.4. The van der Waals surface area contributed by atoms with Gasteiger partial charge in [0.15, 0.2) is 5.69 Å². The first-order valence-corrected chi connectivity index (χ1v) is 10.2. The van der Waals surface area contributed by atoms with Gasteiger partial charge in [0.05, 0.1) is 11.6 Å². The number of fused-ring (bicyclic) bond motifs is 1. The molecule has 4 heterocycles. The molecule has 3 aromatic rings. The minimum absolute atomic E-state index is 0.146. The number of hydrogen-bond donors (Lipinski definition) is 2. The van der Waals surface area contributed by atoms with Gasteiger partial charge in [-0.2, -0.15) is 0 Å². The van der Waals surface area contributed by atoms with E-state index < -0.39 is 0 Å². The first kappa shape index (κ1) is 18.3. The van der Waals surface area contributed by atoms with Crippen LogP contribution in [0.2, 0.25) is 0 Å². The van der Waals surface area contributed by atoms with Crippen LogP contribution in [-0.2, 0) is 0 Å². The van der Waals surface area contributed by atoms with Gasteiger partial charge < -0.3 is 10.4 Å². The number of amides is 1. The van der Waals surface area contributed by atoms with E-state index in [1.54, 1.807) is 27.8 Å². The molecule has 1 amide bonds. The molecule has 2 fully saturated rings. The molecule has 29 heavy (non-hydrogen) atoms. The zero-order valence-corrected chi connectivity index (χ0v) is 16.2. The number of nitrogens with zero attached hydrogens (tertiary/aromatic N) is 6. The van der Waals surface area contributed by atoms with Crippen LogP contribution in [0.15, 0.2) is 37.1 Å². The number of carbonyl (C=O) groups is 1. The van der Waals surface area contributed by atoms with E-state index in [4.69, 9.17) is 0 Å². The highest BCUT2D eigenvalue weighted by atomic mass is 16.3. The van der Waals surface area contributed by atoms with Crippen LogP contribution in [0, 0.1) is 0 Å². The Morgan fingerprint density at radius 2 is 2.03 bits per heavy atom. The zero-order valence-electron chi connectivity index (χ0n) is 16.2. The standard InChI is InChI=1S/C20H25N7O2/c28-16-7-10-25(12-16)15-5-3-14(4-6-15)22-19(29)18-17-2-1-9-27(17)24-20(23-18)26-11-8-21-13-26/h1-2,8-9,11,13-16,28H,3-7,10,12H2,(H,22,29)/t14?,15?,16-/m0/s1. The Balaban J connectivity index is 1.29. The van der Waals surface area contributed by atoms with Gasteiger partial charge in [-0.3, -0.25) is 14.3 Å². The van der Waals surface area contributed by atoms with Crippen LogP contribution < -0.4 is 5.32 Å². The van der Waals surface area contributed by atoms with Gasteiger partial charge in [-0.05, 0) is 44.2 Å². The third-order valence-electron chi connectivity index (χ3n) is 6.07. The van der Waals surface area contributed by atoms with E-state index in [1.807, 2.05) is 18.3 Å². The van der Waals surface area contributed by atoms with Crippen LogP contribution in [0.4, 0.5) is 0 Å². The number of aliphatic hydroxyl groups is 1. The second-order valence-electron chi connectivity index (χ2n) is 7.98. The van der Waals surface area contributed by atoms with Gasteiger partial charge in [0, 0.05) is 43.8 Å². The SMILES string of the molecule is O=C(NC1CCC(N2CC[C@H](O)C2)CC1)c1nc(-n2ccnc2)nn2cccc12. The van der Waals surface area contributed by atoms with Crippen LogP contribution in [0.25, 0.3) is 11.5 Å². The molecule has 2 N–H and O–H groups in total. The maximum atomic E-state index is 13.0. The lowest BCUT2D eigenvalue weighted by molar-refractivity contribution is 0.0901. The molecule has 9 nitrogen and oxygen atoms in total. The van der Waals surface area contributed by atoms with Gasteiger partial charge in [-0.15, -0.1) is 5.10 Å². The van der Waals surface area contributed by atoms with Gasteiger partial charge in [0.2, 0.25) is 0 Å². The average Bonchev–Trinajstić information content (AvgIpc) is 3.49. The number of likely N-dealkylation sites (tertiary alicyclic amines) is 1. The average molecular weight is 395 g/mol. The van der Waals surface area contributed by atoms with Crippen molar-refractivity contribution in [1.29, 1.82) is 0 Å². The van der Waals surface area contributed by atoms with Crippen molar-refractivity contribution in [3.05, 3.63) is 42.7 Å². The van der Waals surface area contributed by atoms with Crippen LogP contribution in [0.5, 0.6) is 0 Å². The summed E-state index contributed by atoms with van der Waals surface area (Å²) in [6.07, 6.45) is 11.5. The molecule has 0 aromatic carbocycles. The van der Waals surface area contributed by atoms with Crippen molar-refractivity contribution in [3.63, 3.8) is 0 Å². The Morgan fingerprint density at radius 3 is 2.76 bits per heavy atom. The Hall–Kier alpha value is -2.78. The van der Waals surface area contributed by atoms with Crippen molar-refractivity contribution >= 4 is 11.4 Å². The largest absolute Gasteiger partial charge is 0.392 e. The molecule has 0 bridgehead atoms. The Bertz CT molecular complexity index is 992. The lowest BCUT2D eigenvalue weighted by Gasteiger charge is -2.34. The van der Waals surface area contributed by atoms with E-state index in [0.717, 1.165) is 45.2 Å². The Labute approximate surface area is 168 Å².